The van der Waals surface area contributed by atoms with Gasteiger partial charge in [0.1, 0.15) is 5.82 Å². The van der Waals surface area contributed by atoms with Gasteiger partial charge in [0.05, 0.1) is 6.04 Å². The first-order valence-corrected chi connectivity index (χ1v) is 7.01. The van der Waals surface area contributed by atoms with Crippen LogP contribution in [-0.2, 0) is 0 Å². The van der Waals surface area contributed by atoms with Crippen molar-refractivity contribution < 1.29 is 4.39 Å². The molecule has 2 rings (SSSR count). The van der Waals surface area contributed by atoms with E-state index in [1.54, 1.807) is 6.07 Å². The van der Waals surface area contributed by atoms with Gasteiger partial charge in [0.15, 0.2) is 0 Å². The topological polar surface area (TPSA) is 12.0 Å². The lowest BCUT2D eigenvalue weighted by atomic mass is 9.95. The van der Waals surface area contributed by atoms with Crippen LogP contribution in [0.5, 0.6) is 0 Å². The van der Waals surface area contributed by atoms with Crippen molar-refractivity contribution in [2.24, 2.45) is 0 Å². The lowest BCUT2D eigenvalue weighted by molar-refractivity contribution is 0.575. The van der Waals surface area contributed by atoms with Gasteiger partial charge in [-0.05, 0) is 44.7 Å². The third-order valence-corrected chi connectivity index (χ3v) is 3.63. The van der Waals surface area contributed by atoms with Crippen LogP contribution in [0.4, 0.5) is 4.39 Å². The number of benzene rings is 2. The first-order chi connectivity index (χ1) is 9.01. The zero-order chi connectivity index (χ0) is 14.0. The summed E-state index contributed by atoms with van der Waals surface area (Å²) in [5.41, 5.74) is 4.11. The molecule has 2 aromatic rings. The average molecular weight is 322 g/mol. The molecule has 0 saturated heterocycles. The van der Waals surface area contributed by atoms with Crippen LogP contribution in [-0.4, -0.2) is 7.05 Å². The highest BCUT2D eigenvalue weighted by atomic mass is 79.9. The zero-order valence-electron chi connectivity index (χ0n) is 11.3. The number of hydrogen-bond donors (Lipinski definition) is 1. The molecule has 0 spiro atoms. The van der Waals surface area contributed by atoms with Gasteiger partial charge in [-0.25, -0.2) is 4.39 Å². The van der Waals surface area contributed by atoms with E-state index in [1.807, 2.05) is 13.1 Å². The molecule has 1 unspecified atom stereocenters. The summed E-state index contributed by atoms with van der Waals surface area (Å²) in [7, 11) is 1.85. The van der Waals surface area contributed by atoms with Crippen molar-refractivity contribution in [3.63, 3.8) is 0 Å². The Hall–Kier alpha value is -1.19. The maximum atomic E-state index is 14.0. The number of hydrogen-bond acceptors (Lipinski definition) is 1. The Morgan fingerprint density at radius 2 is 1.68 bits per heavy atom. The number of aryl methyl sites for hydroxylation is 2. The molecule has 19 heavy (non-hydrogen) atoms. The van der Waals surface area contributed by atoms with Crippen LogP contribution in [0.1, 0.15) is 28.3 Å². The third kappa shape index (κ3) is 3.23. The fourth-order valence-electron chi connectivity index (χ4n) is 2.41. The first-order valence-electron chi connectivity index (χ1n) is 6.21. The second kappa shape index (κ2) is 5.85. The zero-order valence-corrected chi connectivity index (χ0v) is 12.9. The standard InChI is InChI=1S/C16H17BrFN/c1-10-6-11(2)8-12(7-10)16(19-3)14-9-13(17)4-5-15(14)18/h4-9,16,19H,1-3H3. The molecule has 0 bridgehead atoms. The summed E-state index contributed by atoms with van der Waals surface area (Å²) in [6.07, 6.45) is 0. The Kier molecular flexibility index (Phi) is 4.38. The minimum absolute atomic E-state index is 0.143. The molecular weight excluding hydrogens is 305 g/mol. The molecule has 1 nitrogen and oxygen atoms in total. The van der Waals surface area contributed by atoms with Gasteiger partial charge >= 0.3 is 0 Å². The normalized spacial score (nSPS) is 12.5. The fourth-order valence-corrected chi connectivity index (χ4v) is 2.79. The molecule has 2 aromatic carbocycles. The largest absolute Gasteiger partial charge is 0.309 e. The minimum Gasteiger partial charge on any atom is -0.309 e. The lowest BCUT2D eigenvalue weighted by Crippen LogP contribution is -2.19. The number of nitrogens with one attached hydrogen (secondary N) is 1. The van der Waals surface area contributed by atoms with E-state index in [9.17, 15) is 4.39 Å². The van der Waals surface area contributed by atoms with Gasteiger partial charge in [0.2, 0.25) is 0 Å². The van der Waals surface area contributed by atoms with Crippen molar-refractivity contribution in [3.8, 4) is 0 Å². The van der Waals surface area contributed by atoms with E-state index in [0.29, 0.717) is 5.56 Å². The van der Waals surface area contributed by atoms with E-state index in [4.69, 9.17) is 0 Å². The minimum atomic E-state index is -0.193. The maximum absolute atomic E-state index is 14.0. The van der Waals surface area contributed by atoms with Crippen LogP contribution < -0.4 is 5.32 Å². The molecule has 1 atom stereocenters. The van der Waals surface area contributed by atoms with Crippen LogP contribution in [0.3, 0.4) is 0 Å². The fraction of sp³-hybridized carbons (Fsp3) is 0.250. The molecule has 0 aliphatic rings. The number of rotatable bonds is 3. The maximum Gasteiger partial charge on any atom is 0.128 e. The molecule has 0 amide bonds. The van der Waals surface area contributed by atoms with Gasteiger partial charge in [-0.3, -0.25) is 0 Å². The lowest BCUT2D eigenvalue weighted by Gasteiger charge is -2.19. The van der Waals surface area contributed by atoms with Gasteiger partial charge in [-0.15, -0.1) is 0 Å². The van der Waals surface area contributed by atoms with Crippen LogP contribution in [0, 0.1) is 19.7 Å². The van der Waals surface area contributed by atoms with E-state index < -0.39 is 0 Å². The number of halogens is 2. The van der Waals surface area contributed by atoms with Gasteiger partial charge in [-0.1, -0.05) is 45.3 Å². The summed E-state index contributed by atoms with van der Waals surface area (Å²) in [5.74, 6) is -0.193. The monoisotopic (exact) mass is 321 g/mol. The second-order valence-corrected chi connectivity index (χ2v) is 5.72. The summed E-state index contributed by atoms with van der Waals surface area (Å²) >= 11 is 3.40. The van der Waals surface area contributed by atoms with Crippen LogP contribution in [0.25, 0.3) is 0 Å². The highest BCUT2D eigenvalue weighted by Crippen LogP contribution is 2.28. The highest BCUT2D eigenvalue weighted by Gasteiger charge is 2.17. The molecule has 0 saturated carbocycles. The van der Waals surface area contributed by atoms with E-state index in [-0.39, 0.29) is 11.9 Å². The van der Waals surface area contributed by atoms with Crippen molar-refractivity contribution in [3.05, 3.63) is 68.9 Å². The van der Waals surface area contributed by atoms with Crippen molar-refractivity contribution >= 4 is 15.9 Å². The SMILES string of the molecule is CNC(c1cc(C)cc(C)c1)c1cc(Br)ccc1F. The van der Waals surface area contributed by atoms with Crippen molar-refractivity contribution in [1.29, 1.82) is 0 Å². The molecule has 1 N–H and O–H groups in total. The summed E-state index contributed by atoms with van der Waals surface area (Å²) in [4.78, 5) is 0. The Morgan fingerprint density at radius 3 is 2.26 bits per heavy atom. The third-order valence-electron chi connectivity index (χ3n) is 3.14. The van der Waals surface area contributed by atoms with Crippen LogP contribution >= 0.6 is 15.9 Å². The molecule has 0 heterocycles. The van der Waals surface area contributed by atoms with Gasteiger partial charge in [0, 0.05) is 10.0 Å². The predicted octanol–water partition coefficient (Wildman–Crippen LogP) is 4.51. The van der Waals surface area contributed by atoms with E-state index in [1.165, 1.54) is 17.2 Å². The molecule has 0 aromatic heterocycles. The van der Waals surface area contributed by atoms with Gasteiger partial charge in [-0.2, -0.15) is 0 Å². The molecule has 0 radical (unpaired) electrons. The van der Waals surface area contributed by atoms with E-state index in [0.717, 1.165) is 10.0 Å². The van der Waals surface area contributed by atoms with Gasteiger partial charge in [0.25, 0.3) is 0 Å². The average Bonchev–Trinajstić information content (AvgIpc) is 2.33. The quantitative estimate of drug-likeness (QED) is 0.876. The van der Waals surface area contributed by atoms with Crippen molar-refractivity contribution in [1.82, 2.24) is 5.32 Å². The Balaban J connectivity index is 2.52. The Labute approximate surface area is 122 Å². The first kappa shape index (κ1) is 14.2. The van der Waals surface area contributed by atoms with Crippen LogP contribution in [0.2, 0.25) is 0 Å². The van der Waals surface area contributed by atoms with Crippen molar-refractivity contribution in [2.45, 2.75) is 19.9 Å². The Bertz CT molecular complexity index is 575. The van der Waals surface area contributed by atoms with E-state index in [2.05, 4.69) is 53.3 Å². The predicted molar refractivity (Wildman–Crippen MR) is 80.9 cm³/mol. The molecular formula is C16H17BrFN. The molecule has 3 heteroatoms. The molecule has 100 valence electrons. The summed E-state index contributed by atoms with van der Waals surface area (Å²) in [5, 5.41) is 3.20. The smallest absolute Gasteiger partial charge is 0.128 e. The Morgan fingerprint density at radius 1 is 1.05 bits per heavy atom. The summed E-state index contributed by atoms with van der Waals surface area (Å²) < 4.78 is 14.9. The second-order valence-electron chi connectivity index (χ2n) is 4.81. The summed E-state index contributed by atoms with van der Waals surface area (Å²) in [6.45, 7) is 4.11. The van der Waals surface area contributed by atoms with E-state index >= 15 is 0 Å². The molecule has 0 aliphatic heterocycles. The molecule has 0 aliphatic carbocycles. The summed E-state index contributed by atoms with van der Waals surface area (Å²) in [6, 6.07) is 11.2. The molecule has 0 fully saturated rings. The highest BCUT2D eigenvalue weighted by molar-refractivity contribution is 9.10. The van der Waals surface area contributed by atoms with Gasteiger partial charge < -0.3 is 5.32 Å². The van der Waals surface area contributed by atoms with Crippen molar-refractivity contribution in [2.75, 3.05) is 7.05 Å². The van der Waals surface area contributed by atoms with Crippen LogP contribution in [0.15, 0.2) is 40.9 Å².